The van der Waals surface area contributed by atoms with Crippen LogP contribution in [0.15, 0.2) is 67.2 Å². The molecule has 0 fully saturated rings. The average Bonchev–Trinajstić information content (AvgIpc) is 4.06. The molecule has 4 bridgehead atoms. The van der Waals surface area contributed by atoms with Crippen molar-refractivity contribution in [2.45, 2.75) is 136 Å². The molecule has 0 aliphatic carbocycles. The summed E-state index contributed by atoms with van der Waals surface area (Å²) in [5, 5.41) is 1.84. The maximum absolute atomic E-state index is 13.7. The molecule has 16 heteroatoms. The zero-order valence-corrected chi connectivity index (χ0v) is 37.1. The molecule has 0 radical (unpaired) electrons. The molecular weight excluding hydrogens is 821 g/mol. The summed E-state index contributed by atoms with van der Waals surface area (Å²) < 4.78 is 37.2. The number of hydrogen-bond donors (Lipinski definition) is 0. The van der Waals surface area contributed by atoms with Crippen LogP contribution >= 0.6 is 46.2 Å². The lowest BCUT2D eigenvalue weighted by Gasteiger charge is -2.26. The molecule has 12 nitrogen and oxygen atoms in total. The van der Waals surface area contributed by atoms with Crippen LogP contribution in [0, 0.1) is 0 Å². The Balaban J connectivity index is 1.25. The molecule has 3 aliphatic rings. The average molecular weight is 875 g/mol. The minimum absolute atomic E-state index is 0.0119. The van der Waals surface area contributed by atoms with Gasteiger partial charge < -0.3 is 28.4 Å². The van der Waals surface area contributed by atoms with Gasteiger partial charge in [-0.25, -0.2) is 19.6 Å². The number of rotatable bonds is 10. The standard InChI is InChI=1S/C42H54N2O10S4/c1-49-41-21-15-11-8-6-10-14-18-32(46)36(38(48)52-27-30-25-43-39(55-3)58-30)34-20-24-42(50-2,54-34)22-16-12-7-5-9-13-17-31(45)35(33(53-41)19-23-41)37(47)51-26-29-28-57-40(44-29)56-4/h19-20,23-25,28H,5-18,21-22,26-27H2,1-4H3/b35-33-,36-34-. The van der Waals surface area contributed by atoms with Crippen molar-refractivity contribution in [1.29, 1.82) is 0 Å². The third kappa shape index (κ3) is 12.9. The van der Waals surface area contributed by atoms with E-state index in [1.165, 1.54) is 46.2 Å². The first-order chi connectivity index (χ1) is 28.1. The second-order valence-electron chi connectivity index (χ2n) is 14.2. The van der Waals surface area contributed by atoms with Crippen molar-refractivity contribution in [2.24, 2.45) is 0 Å². The van der Waals surface area contributed by atoms with Crippen LogP contribution in [-0.4, -0.2) is 71.8 Å². The molecule has 2 unspecified atom stereocenters. The van der Waals surface area contributed by atoms with Gasteiger partial charge in [-0.15, -0.1) is 22.7 Å². The summed E-state index contributed by atoms with van der Waals surface area (Å²) in [6, 6.07) is 0. The van der Waals surface area contributed by atoms with E-state index in [1.54, 1.807) is 44.7 Å². The van der Waals surface area contributed by atoms with Gasteiger partial charge >= 0.3 is 11.9 Å². The van der Waals surface area contributed by atoms with E-state index in [-0.39, 0.29) is 60.3 Å². The summed E-state index contributed by atoms with van der Waals surface area (Å²) in [5.41, 5.74) is 0.429. The molecule has 0 spiro atoms. The summed E-state index contributed by atoms with van der Waals surface area (Å²) in [6.45, 7) is -0.0327. The molecule has 0 N–H and O–H groups in total. The largest absolute Gasteiger partial charge is 0.458 e. The van der Waals surface area contributed by atoms with E-state index in [0.717, 1.165) is 77.8 Å². The van der Waals surface area contributed by atoms with E-state index in [9.17, 15) is 19.2 Å². The number of esters is 2. The highest BCUT2D eigenvalue weighted by atomic mass is 32.2. The van der Waals surface area contributed by atoms with Crippen LogP contribution in [-0.2, 0) is 60.8 Å². The van der Waals surface area contributed by atoms with Gasteiger partial charge in [-0.2, -0.15) is 0 Å². The van der Waals surface area contributed by atoms with E-state index in [1.807, 2.05) is 17.9 Å². The molecule has 0 saturated heterocycles. The summed E-state index contributed by atoms with van der Waals surface area (Å²) in [4.78, 5) is 63.9. The predicted molar refractivity (Wildman–Crippen MR) is 225 cm³/mol. The SMILES string of the molecule is COC12C=C/C(=C(/C(=O)OCc3csc(SC)n3)C(=O)CCCCCCCCC3(OC)C=C/C(=C(/C(=O)OCc4cnc(SC)s4)C(=O)CCCCCCCC1)O3)O2. The van der Waals surface area contributed by atoms with Crippen LogP contribution in [0.1, 0.15) is 113 Å². The molecule has 0 saturated carbocycles. The van der Waals surface area contributed by atoms with Crippen LogP contribution in [0.5, 0.6) is 0 Å². The van der Waals surface area contributed by atoms with Gasteiger partial charge in [0.05, 0.1) is 10.6 Å². The van der Waals surface area contributed by atoms with Crippen LogP contribution in [0.25, 0.3) is 0 Å². The Morgan fingerprint density at radius 1 is 0.707 bits per heavy atom. The Bertz CT molecular complexity index is 1730. The number of methoxy groups -OCH3 is 2. The van der Waals surface area contributed by atoms with E-state index in [0.29, 0.717) is 31.4 Å². The predicted octanol–water partition coefficient (Wildman–Crippen LogP) is 9.59. The number of thiazole rings is 2. The molecular formula is C42H54N2O10S4. The van der Waals surface area contributed by atoms with Crippen molar-refractivity contribution in [3.8, 4) is 0 Å². The number of allylic oxidation sites excluding steroid dienone is 2. The number of Topliss-reactive ketones (excluding diaryl/α,β-unsaturated/α-hetero) is 2. The lowest BCUT2D eigenvalue weighted by Crippen LogP contribution is -2.30. The second kappa shape index (κ2) is 22.9. The first-order valence-corrected chi connectivity index (χ1v) is 24.0. The van der Waals surface area contributed by atoms with Crippen molar-refractivity contribution >= 4 is 69.7 Å². The van der Waals surface area contributed by atoms with Crippen molar-refractivity contribution in [3.63, 3.8) is 0 Å². The summed E-state index contributed by atoms with van der Waals surface area (Å²) in [7, 11) is 3.11. The fourth-order valence-electron chi connectivity index (χ4n) is 6.88. The Kier molecular flexibility index (Phi) is 18.1. The van der Waals surface area contributed by atoms with Gasteiger partial charge in [0.15, 0.2) is 11.6 Å². The normalized spacial score (nSPS) is 25.7. The number of ketones is 2. The zero-order valence-electron chi connectivity index (χ0n) is 33.8. The summed E-state index contributed by atoms with van der Waals surface area (Å²) in [5.74, 6) is -3.98. The highest BCUT2D eigenvalue weighted by molar-refractivity contribution is 8.00. The monoisotopic (exact) mass is 874 g/mol. The Hall–Kier alpha value is -3.28. The second-order valence-corrected chi connectivity index (χ2v) is 18.3. The minimum atomic E-state index is -1.10. The number of carbonyl (C=O) groups is 4. The van der Waals surface area contributed by atoms with Crippen molar-refractivity contribution in [3.05, 3.63) is 69.1 Å². The molecule has 0 aromatic carbocycles. The number of aromatic nitrogens is 2. The van der Waals surface area contributed by atoms with E-state index in [4.69, 9.17) is 28.4 Å². The van der Waals surface area contributed by atoms with Gasteiger partial charge in [0.25, 0.3) is 0 Å². The molecule has 3 aliphatic heterocycles. The Morgan fingerprint density at radius 3 is 1.66 bits per heavy atom. The maximum Gasteiger partial charge on any atom is 0.345 e. The molecule has 2 aromatic heterocycles. The molecule has 2 aromatic rings. The van der Waals surface area contributed by atoms with Gasteiger partial charge in [0, 0.05) is 51.5 Å². The third-order valence-corrected chi connectivity index (χ3v) is 14.0. The molecule has 2 atom stereocenters. The summed E-state index contributed by atoms with van der Waals surface area (Å²) in [6.07, 6.45) is 23.5. The molecule has 58 heavy (non-hydrogen) atoms. The highest BCUT2D eigenvalue weighted by Crippen LogP contribution is 2.36. The van der Waals surface area contributed by atoms with Gasteiger partial charge in [-0.05, 0) is 62.5 Å². The smallest absolute Gasteiger partial charge is 0.345 e. The molecule has 5 heterocycles. The number of carbonyl (C=O) groups excluding carboxylic acids is 4. The van der Waals surface area contributed by atoms with Gasteiger partial charge in [0.1, 0.15) is 44.6 Å². The van der Waals surface area contributed by atoms with E-state index in [2.05, 4.69) is 9.97 Å². The van der Waals surface area contributed by atoms with Crippen LogP contribution in [0.2, 0.25) is 0 Å². The first kappa shape index (κ1) is 45.8. The van der Waals surface area contributed by atoms with Gasteiger partial charge in [0.2, 0.25) is 11.6 Å². The number of fused-ring (bicyclic) bond motifs is 4. The number of thioether (sulfide) groups is 2. The van der Waals surface area contributed by atoms with Crippen LogP contribution < -0.4 is 0 Å². The van der Waals surface area contributed by atoms with Crippen LogP contribution in [0.4, 0.5) is 0 Å². The highest BCUT2D eigenvalue weighted by Gasteiger charge is 2.39. The van der Waals surface area contributed by atoms with E-state index < -0.39 is 23.5 Å². The van der Waals surface area contributed by atoms with Crippen molar-refractivity contribution < 1.29 is 47.6 Å². The Labute approximate surface area is 357 Å². The third-order valence-electron chi connectivity index (χ3n) is 10.2. The Morgan fingerprint density at radius 2 is 1.19 bits per heavy atom. The molecule has 5 rings (SSSR count). The van der Waals surface area contributed by atoms with Crippen LogP contribution in [0.3, 0.4) is 0 Å². The number of hydrogen-bond acceptors (Lipinski definition) is 16. The quantitative estimate of drug-likeness (QED) is 0.127. The van der Waals surface area contributed by atoms with Crippen molar-refractivity contribution in [1.82, 2.24) is 9.97 Å². The fourth-order valence-corrected chi connectivity index (χ4v) is 9.51. The van der Waals surface area contributed by atoms with Gasteiger partial charge in [-0.3, -0.25) is 9.59 Å². The number of nitrogens with zero attached hydrogens (tertiary/aromatic N) is 2. The van der Waals surface area contributed by atoms with Crippen molar-refractivity contribution in [2.75, 3.05) is 26.7 Å². The van der Waals surface area contributed by atoms with Gasteiger partial charge in [-0.1, -0.05) is 74.9 Å². The zero-order chi connectivity index (χ0) is 41.4. The lowest BCUT2D eigenvalue weighted by molar-refractivity contribution is -0.159. The molecule has 316 valence electrons. The summed E-state index contributed by atoms with van der Waals surface area (Å²) >= 11 is 5.95. The first-order valence-electron chi connectivity index (χ1n) is 19.9. The van der Waals surface area contributed by atoms with E-state index >= 15 is 0 Å². The minimum Gasteiger partial charge on any atom is -0.458 e. The maximum atomic E-state index is 13.7. The number of ether oxygens (including phenoxy) is 6. The lowest BCUT2D eigenvalue weighted by atomic mass is 10.0. The fraction of sp³-hybridized carbons (Fsp3) is 0.571. The topological polar surface area (TPSA) is 149 Å². The molecule has 0 amide bonds.